The van der Waals surface area contributed by atoms with Gasteiger partial charge in [-0.2, -0.15) is 0 Å². The maximum atomic E-state index is 12.4. The molecule has 23 heavy (non-hydrogen) atoms. The highest BCUT2D eigenvalue weighted by atomic mass is 16.5. The van der Waals surface area contributed by atoms with Crippen molar-refractivity contribution in [1.82, 2.24) is 14.5 Å². The molecule has 1 amide bonds. The van der Waals surface area contributed by atoms with Crippen LogP contribution >= 0.6 is 0 Å². The summed E-state index contributed by atoms with van der Waals surface area (Å²) in [6, 6.07) is 9.08. The standard InChI is InChI=1S/C17H18N4O2/c1-3-7-23-14-6-4-5-13(9-14)20-17(22)12-8-15-16(18-10-12)21(2)11-19-15/h4-6,8-11H,3,7H2,1-2H3,(H,20,22). The molecule has 0 aliphatic heterocycles. The van der Waals surface area contributed by atoms with Crippen LogP contribution in [0.1, 0.15) is 23.7 Å². The van der Waals surface area contributed by atoms with Gasteiger partial charge in [0.05, 0.1) is 18.5 Å². The van der Waals surface area contributed by atoms with Gasteiger partial charge in [0.1, 0.15) is 11.3 Å². The monoisotopic (exact) mass is 310 g/mol. The smallest absolute Gasteiger partial charge is 0.257 e. The van der Waals surface area contributed by atoms with E-state index in [1.54, 1.807) is 24.7 Å². The first kappa shape index (κ1) is 15.0. The number of pyridine rings is 1. The van der Waals surface area contributed by atoms with Crippen molar-refractivity contribution >= 4 is 22.8 Å². The first-order valence-corrected chi connectivity index (χ1v) is 7.48. The van der Waals surface area contributed by atoms with E-state index in [1.807, 2.05) is 36.7 Å². The highest BCUT2D eigenvalue weighted by Gasteiger charge is 2.10. The zero-order valence-corrected chi connectivity index (χ0v) is 13.1. The topological polar surface area (TPSA) is 69.0 Å². The van der Waals surface area contributed by atoms with Crippen LogP contribution in [0, 0.1) is 0 Å². The fourth-order valence-electron chi connectivity index (χ4n) is 2.23. The number of aromatic nitrogens is 3. The van der Waals surface area contributed by atoms with Crippen LogP contribution in [0.15, 0.2) is 42.9 Å². The molecule has 6 nitrogen and oxygen atoms in total. The summed E-state index contributed by atoms with van der Waals surface area (Å²) >= 11 is 0. The number of nitrogens with zero attached hydrogens (tertiary/aromatic N) is 3. The molecule has 0 radical (unpaired) electrons. The van der Waals surface area contributed by atoms with E-state index < -0.39 is 0 Å². The van der Waals surface area contributed by atoms with Crippen LogP contribution in [-0.2, 0) is 7.05 Å². The van der Waals surface area contributed by atoms with Crippen molar-refractivity contribution in [2.24, 2.45) is 7.05 Å². The minimum atomic E-state index is -0.224. The molecule has 3 rings (SSSR count). The molecule has 0 aliphatic carbocycles. The molecule has 6 heteroatoms. The molecule has 1 N–H and O–H groups in total. The predicted molar refractivity (Wildman–Crippen MR) is 88.7 cm³/mol. The second-order valence-corrected chi connectivity index (χ2v) is 5.25. The average Bonchev–Trinajstić information content (AvgIpc) is 2.94. The number of rotatable bonds is 5. The lowest BCUT2D eigenvalue weighted by atomic mass is 10.2. The Kier molecular flexibility index (Phi) is 4.23. The van der Waals surface area contributed by atoms with Crippen molar-refractivity contribution in [1.29, 1.82) is 0 Å². The Morgan fingerprint density at radius 1 is 1.30 bits per heavy atom. The van der Waals surface area contributed by atoms with Gasteiger partial charge < -0.3 is 14.6 Å². The Balaban J connectivity index is 1.77. The molecular formula is C17H18N4O2. The zero-order valence-electron chi connectivity index (χ0n) is 13.1. The Morgan fingerprint density at radius 2 is 2.17 bits per heavy atom. The number of ether oxygens (including phenoxy) is 1. The summed E-state index contributed by atoms with van der Waals surface area (Å²) in [4.78, 5) is 20.9. The van der Waals surface area contributed by atoms with E-state index in [4.69, 9.17) is 4.74 Å². The normalized spacial score (nSPS) is 10.7. The van der Waals surface area contributed by atoms with Gasteiger partial charge in [0.15, 0.2) is 5.65 Å². The van der Waals surface area contributed by atoms with Gasteiger partial charge in [-0.05, 0) is 24.6 Å². The Morgan fingerprint density at radius 3 is 3.00 bits per heavy atom. The first-order valence-electron chi connectivity index (χ1n) is 7.48. The molecule has 3 aromatic rings. The summed E-state index contributed by atoms with van der Waals surface area (Å²) in [6.45, 7) is 2.70. The number of fused-ring (bicyclic) bond motifs is 1. The Bertz CT molecular complexity index is 841. The lowest BCUT2D eigenvalue weighted by Gasteiger charge is -2.08. The van der Waals surface area contributed by atoms with Crippen molar-refractivity contribution in [3.63, 3.8) is 0 Å². The van der Waals surface area contributed by atoms with Gasteiger partial charge in [-0.3, -0.25) is 4.79 Å². The van der Waals surface area contributed by atoms with E-state index in [0.717, 1.165) is 17.8 Å². The molecule has 2 aromatic heterocycles. The summed E-state index contributed by atoms with van der Waals surface area (Å²) in [5, 5.41) is 2.85. The number of amides is 1. The maximum absolute atomic E-state index is 12.4. The Hall–Kier alpha value is -2.89. The predicted octanol–water partition coefficient (Wildman–Crippen LogP) is 3.01. The van der Waals surface area contributed by atoms with Gasteiger partial charge in [0, 0.05) is 25.0 Å². The van der Waals surface area contributed by atoms with E-state index in [1.165, 1.54) is 0 Å². The number of imidazole rings is 1. The van der Waals surface area contributed by atoms with Crippen LogP contribution in [0.2, 0.25) is 0 Å². The summed E-state index contributed by atoms with van der Waals surface area (Å²) in [5.74, 6) is 0.514. The van der Waals surface area contributed by atoms with Crippen molar-refractivity contribution in [2.45, 2.75) is 13.3 Å². The molecule has 1 aromatic carbocycles. The summed E-state index contributed by atoms with van der Waals surface area (Å²) in [6.07, 6.45) is 4.16. The lowest BCUT2D eigenvalue weighted by Crippen LogP contribution is -2.12. The fraction of sp³-hybridized carbons (Fsp3) is 0.235. The first-order chi connectivity index (χ1) is 11.2. The van der Waals surface area contributed by atoms with Crippen molar-refractivity contribution in [2.75, 3.05) is 11.9 Å². The number of hydrogen-bond donors (Lipinski definition) is 1. The van der Waals surface area contributed by atoms with Crippen LogP contribution in [0.5, 0.6) is 5.75 Å². The number of aryl methyl sites for hydroxylation is 1. The van der Waals surface area contributed by atoms with Crippen LogP contribution < -0.4 is 10.1 Å². The second-order valence-electron chi connectivity index (χ2n) is 5.25. The van der Waals surface area contributed by atoms with Gasteiger partial charge in [0.25, 0.3) is 5.91 Å². The molecule has 0 atom stereocenters. The lowest BCUT2D eigenvalue weighted by molar-refractivity contribution is 0.102. The molecule has 0 aliphatic rings. The average molecular weight is 310 g/mol. The van der Waals surface area contributed by atoms with Crippen molar-refractivity contribution < 1.29 is 9.53 Å². The fourth-order valence-corrected chi connectivity index (χ4v) is 2.23. The second kappa shape index (κ2) is 6.48. The molecule has 2 heterocycles. The molecule has 0 fully saturated rings. The molecule has 0 unspecified atom stereocenters. The largest absolute Gasteiger partial charge is 0.494 e. The number of hydrogen-bond acceptors (Lipinski definition) is 4. The molecule has 0 spiro atoms. The van der Waals surface area contributed by atoms with Gasteiger partial charge in [-0.1, -0.05) is 13.0 Å². The minimum Gasteiger partial charge on any atom is -0.494 e. The van der Waals surface area contributed by atoms with Gasteiger partial charge in [0.2, 0.25) is 0 Å². The third kappa shape index (κ3) is 3.31. The van der Waals surface area contributed by atoms with E-state index in [2.05, 4.69) is 15.3 Å². The Labute approximate surface area is 134 Å². The van der Waals surface area contributed by atoms with E-state index in [9.17, 15) is 4.79 Å². The van der Waals surface area contributed by atoms with Gasteiger partial charge in [-0.15, -0.1) is 0 Å². The number of anilines is 1. The summed E-state index contributed by atoms with van der Waals surface area (Å²) < 4.78 is 7.38. The molecule has 0 saturated heterocycles. The number of carbonyl (C=O) groups is 1. The molecule has 0 saturated carbocycles. The van der Waals surface area contributed by atoms with Crippen molar-refractivity contribution in [3.05, 3.63) is 48.4 Å². The maximum Gasteiger partial charge on any atom is 0.257 e. The van der Waals surface area contributed by atoms with E-state index in [-0.39, 0.29) is 5.91 Å². The quantitative estimate of drug-likeness (QED) is 0.786. The van der Waals surface area contributed by atoms with Gasteiger partial charge >= 0.3 is 0 Å². The van der Waals surface area contributed by atoms with E-state index in [0.29, 0.717) is 23.4 Å². The van der Waals surface area contributed by atoms with Crippen LogP contribution in [0.4, 0.5) is 5.69 Å². The molecule has 0 bridgehead atoms. The highest BCUT2D eigenvalue weighted by Crippen LogP contribution is 2.19. The van der Waals surface area contributed by atoms with Crippen LogP contribution in [0.25, 0.3) is 11.2 Å². The van der Waals surface area contributed by atoms with E-state index >= 15 is 0 Å². The molecule has 118 valence electrons. The van der Waals surface area contributed by atoms with Crippen molar-refractivity contribution in [3.8, 4) is 5.75 Å². The molecular weight excluding hydrogens is 292 g/mol. The SMILES string of the molecule is CCCOc1cccc(NC(=O)c2cnc3c(c2)ncn3C)c1. The summed E-state index contributed by atoms with van der Waals surface area (Å²) in [5.41, 5.74) is 2.59. The number of benzene rings is 1. The van der Waals surface area contributed by atoms with Crippen LogP contribution in [0.3, 0.4) is 0 Å². The zero-order chi connectivity index (χ0) is 16.2. The number of nitrogens with one attached hydrogen (secondary N) is 1. The summed E-state index contributed by atoms with van der Waals surface area (Å²) in [7, 11) is 1.86. The van der Waals surface area contributed by atoms with Crippen LogP contribution in [-0.4, -0.2) is 27.0 Å². The third-order valence-electron chi connectivity index (χ3n) is 3.38. The van der Waals surface area contributed by atoms with Gasteiger partial charge in [-0.25, -0.2) is 9.97 Å². The third-order valence-corrected chi connectivity index (χ3v) is 3.38. The minimum absolute atomic E-state index is 0.224. The highest BCUT2D eigenvalue weighted by molar-refractivity contribution is 6.05. The number of carbonyl (C=O) groups excluding carboxylic acids is 1.